The van der Waals surface area contributed by atoms with Gasteiger partial charge in [-0.3, -0.25) is 5.10 Å². The van der Waals surface area contributed by atoms with E-state index in [1.54, 1.807) is 0 Å². The maximum Gasteiger partial charge on any atom is 0.0923 e. The van der Waals surface area contributed by atoms with Crippen molar-refractivity contribution in [1.29, 1.82) is 0 Å². The predicted molar refractivity (Wildman–Crippen MR) is 54.8 cm³/mol. The number of rotatable bonds is 2. The van der Waals surface area contributed by atoms with Crippen LogP contribution in [0, 0.1) is 6.92 Å². The number of H-pyrrole nitrogens is 1. The van der Waals surface area contributed by atoms with Gasteiger partial charge < -0.3 is 0 Å². The molecule has 2 rings (SSSR count). The topological polar surface area (TPSA) is 28.7 Å². The van der Waals surface area contributed by atoms with E-state index >= 15 is 0 Å². The molecular weight excluding hydrogens is 160 g/mol. The van der Waals surface area contributed by atoms with Crippen LogP contribution in [0.3, 0.4) is 0 Å². The van der Waals surface area contributed by atoms with Crippen molar-refractivity contribution in [2.45, 2.75) is 26.7 Å². The second-order valence-corrected chi connectivity index (χ2v) is 3.45. The Bertz CT molecular complexity index is 415. The molecule has 0 spiro atoms. The van der Waals surface area contributed by atoms with Crippen LogP contribution in [0.4, 0.5) is 0 Å². The maximum atomic E-state index is 4.19. The molecule has 0 saturated carbocycles. The highest BCUT2D eigenvalue weighted by molar-refractivity contribution is 5.81. The molecule has 1 aromatic heterocycles. The summed E-state index contributed by atoms with van der Waals surface area (Å²) < 4.78 is 0. The second kappa shape index (κ2) is 3.21. The quantitative estimate of drug-likeness (QED) is 0.745. The number of aromatic nitrogens is 2. The van der Waals surface area contributed by atoms with E-state index in [1.165, 1.54) is 17.4 Å². The maximum absolute atomic E-state index is 4.19. The van der Waals surface area contributed by atoms with E-state index in [1.807, 2.05) is 0 Å². The standard InChI is InChI=1S/C11H14N2/c1-3-4-9-5-6-11-10(7-9)8(2)12-13-11/h5-7H,3-4H2,1-2H3,(H,12,13). The van der Waals surface area contributed by atoms with Gasteiger partial charge in [0.2, 0.25) is 0 Å². The van der Waals surface area contributed by atoms with Crippen molar-refractivity contribution in [3.05, 3.63) is 29.5 Å². The van der Waals surface area contributed by atoms with E-state index in [-0.39, 0.29) is 0 Å². The first kappa shape index (κ1) is 8.30. The Balaban J connectivity index is 2.53. The first-order valence-electron chi connectivity index (χ1n) is 4.75. The third-order valence-corrected chi connectivity index (χ3v) is 2.35. The van der Waals surface area contributed by atoms with E-state index in [4.69, 9.17) is 0 Å². The van der Waals surface area contributed by atoms with Crippen molar-refractivity contribution in [2.75, 3.05) is 0 Å². The Morgan fingerprint density at radius 3 is 3.00 bits per heavy atom. The molecule has 2 nitrogen and oxygen atoms in total. The predicted octanol–water partition coefficient (Wildman–Crippen LogP) is 2.82. The summed E-state index contributed by atoms with van der Waals surface area (Å²) in [4.78, 5) is 0. The van der Waals surface area contributed by atoms with Crippen molar-refractivity contribution in [3.63, 3.8) is 0 Å². The zero-order chi connectivity index (χ0) is 9.26. The van der Waals surface area contributed by atoms with Gasteiger partial charge in [0.25, 0.3) is 0 Å². The van der Waals surface area contributed by atoms with Gasteiger partial charge in [0.1, 0.15) is 0 Å². The van der Waals surface area contributed by atoms with Gasteiger partial charge in [0.05, 0.1) is 5.52 Å². The van der Waals surface area contributed by atoms with Crippen LogP contribution < -0.4 is 0 Å². The van der Waals surface area contributed by atoms with Crippen LogP contribution in [0.5, 0.6) is 0 Å². The summed E-state index contributed by atoms with van der Waals surface area (Å²) in [7, 11) is 0. The number of aromatic amines is 1. The third-order valence-electron chi connectivity index (χ3n) is 2.35. The molecule has 2 heteroatoms. The zero-order valence-electron chi connectivity index (χ0n) is 8.09. The Kier molecular flexibility index (Phi) is 2.05. The number of hydrogen-bond donors (Lipinski definition) is 1. The first-order chi connectivity index (χ1) is 6.31. The Morgan fingerprint density at radius 1 is 1.38 bits per heavy atom. The molecule has 68 valence electrons. The fourth-order valence-corrected chi connectivity index (χ4v) is 1.63. The lowest BCUT2D eigenvalue weighted by Crippen LogP contribution is -1.82. The molecule has 0 atom stereocenters. The summed E-state index contributed by atoms with van der Waals surface area (Å²) in [5.74, 6) is 0. The molecule has 0 fully saturated rings. The lowest BCUT2D eigenvalue weighted by atomic mass is 10.1. The molecule has 0 aliphatic heterocycles. The lowest BCUT2D eigenvalue weighted by molar-refractivity contribution is 0.923. The minimum atomic E-state index is 1.07. The largest absolute Gasteiger partial charge is 0.282 e. The van der Waals surface area contributed by atoms with Gasteiger partial charge in [-0.15, -0.1) is 0 Å². The number of benzene rings is 1. The summed E-state index contributed by atoms with van der Waals surface area (Å²) in [5, 5.41) is 8.45. The molecule has 1 N–H and O–H groups in total. The highest BCUT2D eigenvalue weighted by Gasteiger charge is 2.01. The van der Waals surface area contributed by atoms with Crippen LogP contribution in [0.1, 0.15) is 24.6 Å². The minimum Gasteiger partial charge on any atom is -0.282 e. The summed E-state index contributed by atoms with van der Waals surface area (Å²) in [6.07, 6.45) is 2.35. The SMILES string of the molecule is CCCc1ccc2n[nH]c(C)c2c1. The summed E-state index contributed by atoms with van der Waals surface area (Å²) in [6.45, 7) is 4.26. The molecule has 0 unspecified atom stereocenters. The van der Waals surface area contributed by atoms with Gasteiger partial charge >= 0.3 is 0 Å². The van der Waals surface area contributed by atoms with Crippen LogP contribution in [-0.2, 0) is 6.42 Å². The highest BCUT2D eigenvalue weighted by atomic mass is 15.1. The third kappa shape index (κ3) is 1.44. The van der Waals surface area contributed by atoms with Crippen molar-refractivity contribution >= 4 is 10.9 Å². The summed E-state index contributed by atoms with van der Waals surface area (Å²) in [5.41, 5.74) is 3.63. The molecule has 2 aromatic rings. The second-order valence-electron chi connectivity index (χ2n) is 3.45. The molecule has 0 amide bonds. The van der Waals surface area contributed by atoms with Gasteiger partial charge in [0.15, 0.2) is 0 Å². The number of hydrogen-bond acceptors (Lipinski definition) is 1. The fourth-order valence-electron chi connectivity index (χ4n) is 1.63. The molecule has 0 bridgehead atoms. The minimum absolute atomic E-state index is 1.07. The molecule has 0 saturated heterocycles. The van der Waals surface area contributed by atoms with E-state index in [0.29, 0.717) is 0 Å². The van der Waals surface area contributed by atoms with Crippen LogP contribution in [0.2, 0.25) is 0 Å². The molecule has 13 heavy (non-hydrogen) atoms. The Hall–Kier alpha value is -1.31. The monoisotopic (exact) mass is 174 g/mol. The average Bonchev–Trinajstić information content (AvgIpc) is 2.49. The molecule has 1 aromatic carbocycles. The number of aryl methyl sites for hydroxylation is 2. The molecule has 0 aliphatic carbocycles. The van der Waals surface area contributed by atoms with Crippen LogP contribution in [0.15, 0.2) is 18.2 Å². The molecule has 0 aliphatic rings. The molecule has 1 heterocycles. The van der Waals surface area contributed by atoms with Crippen LogP contribution in [-0.4, -0.2) is 10.2 Å². The van der Waals surface area contributed by atoms with Gasteiger partial charge in [-0.2, -0.15) is 5.10 Å². The van der Waals surface area contributed by atoms with E-state index in [0.717, 1.165) is 17.6 Å². The number of nitrogens with zero attached hydrogens (tertiary/aromatic N) is 1. The van der Waals surface area contributed by atoms with Gasteiger partial charge in [-0.1, -0.05) is 19.4 Å². The van der Waals surface area contributed by atoms with E-state index in [2.05, 4.69) is 42.2 Å². The summed E-state index contributed by atoms with van der Waals surface area (Å²) >= 11 is 0. The van der Waals surface area contributed by atoms with E-state index < -0.39 is 0 Å². The average molecular weight is 174 g/mol. The normalized spacial score (nSPS) is 10.9. The zero-order valence-corrected chi connectivity index (χ0v) is 8.09. The van der Waals surface area contributed by atoms with Crippen molar-refractivity contribution < 1.29 is 0 Å². The van der Waals surface area contributed by atoms with Crippen LogP contribution >= 0.6 is 0 Å². The van der Waals surface area contributed by atoms with Crippen molar-refractivity contribution in [1.82, 2.24) is 10.2 Å². The Morgan fingerprint density at radius 2 is 2.23 bits per heavy atom. The fraction of sp³-hybridized carbons (Fsp3) is 0.364. The smallest absolute Gasteiger partial charge is 0.0923 e. The van der Waals surface area contributed by atoms with Crippen LogP contribution in [0.25, 0.3) is 10.9 Å². The Labute approximate surface area is 78.0 Å². The lowest BCUT2D eigenvalue weighted by Gasteiger charge is -1.97. The number of nitrogens with one attached hydrogen (secondary N) is 1. The number of fused-ring (bicyclic) bond motifs is 1. The first-order valence-corrected chi connectivity index (χ1v) is 4.75. The summed E-state index contributed by atoms with van der Waals surface area (Å²) in [6, 6.07) is 6.48. The van der Waals surface area contributed by atoms with Gasteiger partial charge in [-0.25, -0.2) is 0 Å². The van der Waals surface area contributed by atoms with Gasteiger partial charge in [0, 0.05) is 11.1 Å². The molecular formula is C11H14N2. The highest BCUT2D eigenvalue weighted by Crippen LogP contribution is 2.17. The molecule has 0 radical (unpaired) electrons. The van der Waals surface area contributed by atoms with Gasteiger partial charge in [-0.05, 0) is 31.0 Å². The van der Waals surface area contributed by atoms with Crippen molar-refractivity contribution in [3.8, 4) is 0 Å². The van der Waals surface area contributed by atoms with E-state index in [9.17, 15) is 0 Å². The van der Waals surface area contributed by atoms with Crippen molar-refractivity contribution in [2.24, 2.45) is 0 Å².